The van der Waals surface area contributed by atoms with E-state index in [1.807, 2.05) is 6.07 Å². The summed E-state index contributed by atoms with van der Waals surface area (Å²) in [4.78, 5) is 50.7. The van der Waals surface area contributed by atoms with Gasteiger partial charge in [-0.05, 0) is 24.3 Å². The third-order valence-electron chi connectivity index (χ3n) is 4.12. The number of benzene rings is 2. The number of hydrogen-bond acceptors (Lipinski definition) is 6. The van der Waals surface area contributed by atoms with Crippen LogP contribution >= 0.6 is 0 Å². The van der Waals surface area contributed by atoms with Crippen LogP contribution in [0.15, 0.2) is 54.6 Å². The van der Waals surface area contributed by atoms with Crippen LogP contribution in [0.3, 0.4) is 0 Å². The zero-order valence-corrected chi connectivity index (χ0v) is 14.7. The van der Waals surface area contributed by atoms with Crippen molar-refractivity contribution in [3.8, 4) is 6.07 Å². The van der Waals surface area contributed by atoms with Crippen LogP contribution in [-0.2, 0) is 19.1 Å². The molecule has 28 heavy (non-hydrogen) atoms. The number of nitrogens with zero attached hydrogens (tertiary/aromatic N) is 3. The number of anilines is 2. The second-order valence-corrected chi connectivity index (χ2v) is 5.87. The summed E-state index contributed by atoms with van der Waals surface area (Å²) in [7, 11) is 0. The lowest BCUT2D eigenvalue weighted by atomic mass is 10.1. The summed E-state index contributed by atoms with van der Waals surface area (Å²) in [5.41, 5.74) is 1.05. The molecule has 0 aliphatic carbocycles. The SMILES string of the molecule is N#CCN(C(=O)COC(=O)CN1C(=O)C(=O)c2ccccc21)c1ccccc1. The maximum atomic E-state index is 12.4. The standard InChI is InChI=1S/C20H15N3O5/c21-10-11-22(14-6-2-1-3-7-14)17(24)13-28-18(25)12-23-16-9-5-4-8-15(16)19(26)20(23)27/h1-9H,11-13H2. The van der Waals surface area contributed by atoms with Gasteiger partial charge in [0.1, 0.15) is 13.1 Å². The molecule has 140 valence electrons. The van der Waals surface area contributed by atoms with Crippen LogP contribution in [0, 0.1) is 11.3 Å². The lowest BCUT2D eigenvalue weighted by molar-refractivity contribution is -0.146. The number of amides is 2. The van der Waals surface area contributed by atoms with Crippen molar-refractivity contribution >= 4 is 34.9 Å². The molecule has 0 aromatic heterocycles. The van der Waals surface area contributed by atoms with E-state index in [0.717, 1.165) is 4.90 Å². The maximum absolute atomic E-state index is 12.4. The Morgan fingerprint density at radius 1 is 1.04 bits per heavy atom. The van der Waals surface area contributed by atoms with E-state index in [2.05, 4.69) is 0 Å². The highest BCUT2D eigenvalue weighted by Crippen LogP contribution is 2.28. The Bertz CT molecular complexity index is 981. The van der Waals surface area contributed by atoms with E-state index in [-0.39, 0.29) is 12.1 Å². The number of rotatable bonds is 6. The second-order valence-electron chi connectivity index (χ2n) is 5.87. The average Bonchev–Trinajstić information content (AvgIpc) is 2.96. The Morgan fingerprint density at radius 2 is 1.71 bits per heavy atom. The summed E-state index contributed by atoms with van der Waals surface area (Å²) in [5.74, 6) is -2.93. The molecule has 3 rings (SSSR count). The van der Waals surface area contributed by atoms with Gasteiger partial charge < -0.3 is 4.74 Å². The topological polar surface area (TPSA) is 108 Å². The van der Waals surface area contributed by atoms with Crippen LogP contribution in [0.1, 0.15) is 10.4 Å². The fraction of sp³-hybridized carbons (Fsp3) is 0.150. The van der Waals surface area contributed by atoms with Gasteiger partial charge in [0.2, 0.25) is 0 Å². The lowest BCUT2D eigenvalue weighted by Crippen LogP contribution is -2.38. The fourth-order valence-electron chi connectivity index (χ4n) is 2.80. The number of carbonyl (C=O) groups excluding carboxylic acids is 4. The van der Waals surface area contributed by atoms with Gasteiger partial charge in [0.05, 0.1) is 17.3 Å². The van der Waals surface area contributed by atoms with Gasteiger partial charge in [0, 0.05) is 5.69 Å². The average molecular weight is 377 g/mol. The number of carbonyl (C=O) groups is 4. The van der Waals surface area contributed by atoms with Gasteiger partial charge in [-0.25, -0.2) is 0 Å². The van der Waals surface area contributed by atoms with Crippen LogP contribution in [-0.4, -0.2) is 43.3 Å². The minimum Gasteiger partial charge on any atom is -0.454 e. The number of ketones is 1. The Kier molecular flexibility index (Phi) is 5.46. The van der Waals surface area contributed by atoms with Crippen molar-refractivity contribution in [3.63, 3.8) is 0 Å². The fourth-order valence-corrected chi connectivity index (χ4v) is 2.80. The van der Waals surface area contributed by atoms with E-state index in [9.17, 15) is 19.2 Å². The van der Waals surface area contributed by atoms with E-state index in [1.165, 1.54) is 11.0 Å². The molecule has 8 heteroatoms. The molecule has 1 aliphatic heterocycles. The number of para-hydroxylation sites is 2. The van der Waals surface area contributed by atoms with Crippen molar-refractivity contribution in [1.82, 2.24) is 0 Å². The summed E-state index contributed by atoms with van der Waals surface area (Å²) >= 11 is 0. The molecule has 1 aliphatic rings. The Balaban J connectivity index is 1.63. The van der Waals surface area contributed by atoms with Crippen molar-refractivity contribution in [2.24, 2.45) is 0 Å². The molecule has 2 aromatic carbocycles. The highest BCUT2D eigenvalue weighted by molar-refractivity contribution is 6.52. The first-order chi connectivity index (χ1) is 13.5. The Morgan fingerprint density at radius 3 is 2.43 bits per heavy atom. The highest BCUT2D eigenvalue weighted by atomic mass is 16.5. The molecule has 0 unspecified atom stereocenters. The molecule has 1 heterocycles. The van der Waals surface area contributed by atoms with E-state index in [0.29, 0.717) is 11.4 Å². The van der Waals surface area contributed by atoms with Crippen LogP contribution < -0.4 is 9.80 Å². The molecule has 2 aromatic rings. The first-order valence-electron chi connectivity index (χ1n) is 8.36. The van der Waals surface area contributed by atoms with Crippen LogP contribution in [0.5, 0.6) is 0 Å². The van der Waals surface area contributed by atoms with E-state index < -0.39 is 36.7 Å². The monoisotopic (exact) mass is 377 g/mol. The molecule has 0 bridgehead atoms. The van der Waals surface area contributed by atoms with E-state index in [4.69, 9.17) is 10.00 Å². The van der Waals surface area contributed by atoms with Crippen molar-refractivity contribution in [1.29, 1.82) is 5.26 Å². The first-order valence-corrected chi connectivity index (χ1v) is 8.36. The quantitative estimate of drug-likeness (QED) is 0.427. The number of fused-ring (bicyclic) bond motifs is 1. The van der Waals surface area contributed by atoms with Crippen molar-refractivity contribution in [2.75, 3.05) is 29.5 Å². The third-order valence-corrected chi connectivity index (χ3v) is 4.12. The third kappa shape index (κ3) is 3.73. The minimum absolute atomic E-state index is 0.202. The van der Waals surface area contributed by atoms with Gasteiger partial charge in [-0.2, -0.15) is 5.26 Å². The second kappa shape index (κ2) is 8.14. The van der Waals surface area contributed by atoms with Gasteiger partial charge in [-0.15, -0.1) is 0 Å². The lowest BCUT2D eigenvalue weighted by Gasteiger charge is -2.20. The van der Waals surface area contributed by atoms with Crippen LogP contribution in [0.25, 0.3) is 0 Å². The smallest absolute Gasteiger partial charge is 0.326 e. The van der Waals surface area contributed by atoms with E-state index in [1.54, 1.807) is 48.5 Å². The summed E-state index contributed by atoms with van der Waals surface area (Å²) in [6.07, 6.45) is 0. The molecule has 2 amide bonds. The van der Waals surface area contributed by atoms with Crippen LogP contribution in [0.4, 0.5) is 11.4 Å². The molecule has 0 saturated heterocycles. The number of ether oxygens (including phenoxy) is 1. The number of nitriles is 1. The van der Waals surface area contributed by atoms with Crippen molar-refractivity contribution in [3.05, 3.63) is 60.2 Å². The molecular weight excluding hydrogens is 362 g/mol. The molecular formula is C20H15N3O5. The predicted octanol–water partition coefficient (Wildman–Crippen LogP) is 1.32. The molecule has 0 N–H and O–H groups in total. The van der Waals surface area contributed by atoms with Crippen LogP contribution in [0.2, 0.25) is 0 Å². The molecule has 8 nitrogen and oxygen atoms in total. The van der Waals surface area contributed by atoms with Gasteiger partial charge in [-0.1, -0.05) is 30.3 Å². The van der Waals surface area contributed by atoms with Gasteiger partial charge in [0.25, 0.3) is 17.6 Å². The van der Waals surface area contributed by atoms with Crippen molar-refractivity contribution in [2.45, 2.75) is 0 Å². The Labute approximate surface area is 160 Å². The predicted molar refractivity (Wildman–Crippen MR) is 98.5 cm³/mol. The number of hydrogen-bond donors (Lipinski definition) is 0. The summed E-state index contributed by atoms with van der Waals surface area (Å²) in [6.45, 7) is -1.28. The number of Topliss-reactive ketones (excluding diaryl/α,β-unsaturated/α-hetero) is 1. The largest absolute Gasteiger partial charge is 0.454 e. The van der Waals surface area contributed by atoms with Gasteiger partial charge in [-0.3, -0.25) is 29.0 Å². The normalized spacial score (nSPS) is 12.3. The highest BCUT2D eigenvalue weighted by Gasteiger charge is 2.36. The molecule has 0 spiro atoms. The van der Waals surface area contributed by atoms with Gasteiger partial charge in [0.15, 0.2) is 6.61 Å². The molecule has 0 fully saturated rings. The summed E-state index contributed by atoms with van der Waals surface area (Å²) < 4.78 is 4.97. The zero-order chi connectivity index (χ0) is 20.1. The molecule has 0 saturated carbocycles. The molecule has 0 atom stereocenters. The Hall–Kier alpha value is -3.99. The minimum atomic E-state index is -0.837. The zero-order valence-electron chi connectivity index (χ0n) is 14.7. The first kappa shape index (κ1) is 18.8. The number of esters is 1. The van der Waals surface area contributed by atoms with E-state index >= 15 is 0 Å². The summed E-state index contributed by atoms with van der Waals surface area (Å²) in [6, 6.07) is 16.7. The van der Waals surface area contributed by atoms with Crippen molar-refractivity contribution < 1.29 is 23.9 Å². The van der Waals surface area contributed by atoms with Gasteiger partial charge >= 0.3 is 5.97 Å². The molecule has 0 radical (unpaired) electrons. The summed E-state index contributed by atoms with van der Waals surface area (Å²) in [5, 5.41) is 8.93. The maximum Gasteiger partial charge on any atom is 0.326 e.